The molecule has 5 nitrogen and oxygen atoms in total. The standard InChI is InChI=1S/C32H34ClFN2O3S2/c1-19-9-15-25(34)30-28(19)29(33)31(40-30)32(37)36(23-13-11-22(35-2)12-14-23)18-21-17-20(10-16-26(21)39-3)24-7-5-6-8-27(24)41(4)38/h5-10,15-17,22-23,35H,11-14,18H2,1-4H3/t22-,23-,41?. The molecule has 0 aliphatic heterocycles. The highest BCUT2D eigenvalue weighted by molar-refractivity contribution is 7.90. The molecule has 1 unspecified atom stereocenters. The molecule has 0 saturated heterocycles. The van der Waals surface area contributed by atoms with E-state index in [4.69, 9.17) is 16.3 Å². The Morgan fingerprint density at radius 1 is 1.17 bits per heavy atom. The number of halogens is 2. The molecule has 1 amide bonds. The van der Waals surface area contributed by atoms with Crippen LogP contribution in [0.2, 0.25) is 5.02 Å². The lowest BCUT2D eigenvalue weighted by Gasteiger charge is -2.37. The monoisotopic (exact) mass is 612 g/mol. The number of fused-ring (bicyclic) bond motifs is 1. The molecule has 41 heavy (non-hydrogen) atoms. The zero-order valence-corrected chi connectivity index (χ0v) is 26.0. The molecule has 1 heterocycles. The number of amides is 1. The van der Waals surface area contributed by atoms with Gasteiger partial charge in [0, 0.05) is 35.1 Å². The third-order valence-electron chi connectivity index (χ3n) is 8.07. The van der Waals surface area contributed by atoms with Crippen LogP contribution in [0.15, 0.2) is 59.5 Å². The predicted octanol–water partition coefficient (Wildman–Crippen LogP) is 7.59. The Morgan fingerprint density at radius 2 is 1.90 bits per heavy atom. The number of carbonyl (C=O) groups excluding carboxylic acids is 1. The summed E-state index contributed by atoms with van der Waals surface area (Å²) in [7, 11) is 3.59. The number of nitrogens with one attached hydrogen (secondary N) is 1. The van der Waals surface area contributed by atoms with E-state index in [9.17, 15) is 13.7 Å². The summed E-state index contributed by atoms with van der Waals surface area (Å²) in [6.07, 6.45) is 5.25. The van der Waals surface area contributed by atoms with Gasteiger partial charge in [0.15, 0.2) is 4.90 Å². The number of ether oxygens (including phenoxy) is 1. The van der Waals surface area contributed by atoms with Gasteiger partial charge in [-0.05, 0) is 92.3 Å². The summed E-state index contributed by atoms with van der Waals surface area (Å²) in [6, 6.07) is 17.0. The summed E-state index contributed by atoms with van der Waals surface area (Å²) in [5, 5.41) is 4.27. The van der Waals surface area contributed by atoms with Crippen LogP contribution in [0.1, 0.15) is 46.5 Å². The first-order valence-corrected chi connectivity index (χ1v) is 16.4. The maximum absolute atomic E-state index is 14.8. The Bertz CT molecular complexity index is 1570. The molecule has 1 fully saturated rings. The maximum Gasteiger partial charge on any atom is 0.266 e. The molecule has 1 N–H and O–H groups in total. The van der Waals surface area contributed by atoms with Crippen molar-refractivity contribution in [2.45, 2.75) is 56.1 Å². The first-order valence-electron chi connectivity index (χ1n) is 13.7. The highest BCUT2D eigenvalue weighted by atomic mass is 35.5. The van der Waals surface area contributed by atoms with Gasteiger partial charge in [-0.3, -0.25) is 4.79 Å². The molecule has 0 radical (unpaired) electrons. The van der Waals surface area contributed by atoms with Crippen LogP contribution in [-0.4, -0.2) is 47.9 Å². The van der Waals surface area contributed by atoms with E-state index in [1.807, 2.05) is 61.3 Å². The number of rotatable bonds is 8. The van der Waals surface area contributed by atoms with E-state index in [0.717, 1.165) is 64.2 Å². The second kappa shape index (κ2) is 12.7. The number of hydrogen-bond donors (Lipinski definition) is 1. The van der Waals surface area contributed by atoms with E-state index in [2.05, 4.69) is 5.32 Å². The van der Waals surface area contributed by atoms with Crippen molar-refractivity contribution in [2.24, 2.45) is 0 Å². The van der Waals surface area contributed by atoms with Crippen LogP contribution >= 0.6 is 22.9 Å². The summed E-state index contributed by atoms with van der Waals surface area (Å²) in [5.74, 6) is 0.0827. The molecule has 0 spiro atoms. The fraction of sp³-hybridized carbons (Fsp3) is 0.344. The van der Waals surface area contributed by atoms with Crippen LogP contribution in [0, 0.1) is 12.7 Å². The summed E-state index contributed by atoms with van der Waals surface area (Å²) in [6.45, 7) is 2.18. The number of methoxy groups -OCH3 is 1. The first kappa shape index (κ1) is 29.9. The molecular formula is C32H34ClFN2O3S2. The van der Waals surface area contributed by atoms with E-state index in [-0.39, 0.29) is 17.8 Å². The summed E-state index contributed by atoms with van der Waals surface area (Å²) in [4.78, 5) is 17.3. The first-order chi connectivity index (χ1) is 19.7. The van der Waals surface area contributed by atoms with Crippen molar-refractivity contribution in [3.63, 3.8) is 0 Å². The molecule has 1 atom stereocenters. The van der Waals surface area contributed by atoms with Crippen LogP contribution < -0.4 is 10.1 Å². The van der Waals surface area contributed by atoms with Gasteiger partial charge < -0.3 is 19.5 Å². The Labute approximate surface area is 252 Å². The Hall–Kier alpha value is -2.62. The normalized spacial score (nSPS) is 17.9. The second-order valence-electron chi connectivity index (χ2n) is 10.5. The van der Waals surface area contributed by atoms with Crippen molar-refractivity contribution < 1.29 is 18.5 Å². The van der Waals surface area contributed by atoms with E-state index in [0.29, 0.717) is 38.3 Å². The van der Waals surface area contributed by atoms with Gasteiger partial charge in [0.1, 0.15) is 22.7 Å². The number of carbonyl (C=O) groups is 1. The van der Waals surface area contributed by atoms with Gasteiger partial charge in [0.25, 0.3) is 5.91 Å². The van der Waals surface area contributed by atoms with Crippen LogP contribution in [0.3, 0.4) is 0 Å². The van der Waals surface area contributed by atoms with Gasteiger partial charge in [-0.1, -0.05) is 35.9 Å². The second-order valence-corrected chi connectivity index (χ2v) is 13.3. The minimum Gasteiger partial charge on any atom is -0.612 e. The molecular weight excluding hydrogens is 579 g/mol. The molecule has 3 aromatic carbocycles. The van der Waals surface area contributed by atoms with Crippen molar-refractivity contribution >= 4 is 50.1 Å². The molecule has 9 heteroatoms. The highest BCUT2D eigenvalue weighted by Gasteiger charge is 2.33. The fourth-order valence-corrected chi connectivity index (χ4v) is 8.20. The van der Waals surface area contributed by atoms with Crippen molar-refractivity contribution in [1.29, 1.82) is 0 Å². The molecule has 1 saturated carbocycles. The van der Waals surface area contributed by atoms with Crippen LogP contribution in [0.4, 0.5) is 4.39 Å². The average Bonchev–Trinajstić information content (AvgIpc) is 3.35. The molecule has 4 aromatic rings. The fourth-order valence-electron chi connectivity index (χ4n) is 5.81. The van der Waals surface area contributed by atoms with E-state index in [1.165, 1.54) is 6.07 Å². The third-order valence-corrected chi connectivity index (χ3v) is 10.7. The largest absolute Gasteiger partial charge is 0.612 e. The van der Waals surface area contributed by atoms with Crippen molar-refractivity contribution in [3.8, 4) is 16.9 Å². The molecule has 0 bridgehead atoms. The minimum absolute atomic E-state index is 0.0110. The van der Waals surface area contributed by atoms with Gasteiger partial charge in [-0.15, -0.1) is 11.3 Å². The third kappa shape index (κ3) is 5.99. The number of hydrogen-bond acceptors (Lipinski definition) is 5. The molecule has 1 aliphatic carbocycles. The molecule has 216 valence electrons. The summed E-state index contributed by atoms with van der Waals surface area (Å²) < 4.78 is 33.4. The van der Waals surface area contributed by atoms with E-state index in [1.54, 1.807) is 19.4 Å². The highest BCUT2D eigenvalue weighted by Crippen LogP contribution is 2.41. The summed E-state index contributed by atoms with van der Waals surface area (Å²) >= 11 is 6.76. The van der Waals surface area contributed by atoms with Gasteiger partial charge in [0.2, 0.25) is 0 Å². The van der Waals surface area contributed by atoms with Gasteiger partial charge in [0.05, 0.1) is 16.8 Å². The zero-order chi connectivity index (χ0) is 29.3. The van der Waals surface area contributed by atoms with Crippen LogP contribution in [-0.2, 0) is 17.7 Å². The van der Waals surface area contributed by atoms with Crippen molar-refractivity contribution in [1.82, 2.24) is 10.2 Å². The zero-order valence-electron chi connectivity index (χ0n) is 23.6. The number of thiophene rings is 1. The van der Waals surface area contributed by atoms with Gasteiger partial charge >= 0.3 is 0 Å². The maximum atomic E-state index is 14.8. The molecule has 1 aromatic heterocycles. The smallest absolute Gasteiger partial charge is 0.266 e. The van der Waals surface area contributed by atoms with Crippen LogP contribution in [0.25, 0.3) is 21.2 Å². The SMILES string of the molecule is CN[C@H]1CC[C@H](N(Cc2cc(-c3ccccc3[S+](C)[O-])ccc2OC)C(=O)c2sc3c(F)ccc(C)c3c2Cl)CC1. The Balaban J connectivity index is 1.58. The molecule has 1 aliphatic rings. The lowest BCUT2D eigenvalue weighted by molar-refractivity contribution is 0.0604. The Kier molecular flexibility index (Phi) is 9.26. The quantitative estimate of drug-likeness (QED) is 0.208. The average molecular weight is 613 g/mol. The molecule has 5 rings (SSSR count). The number of aryl methyl sites for hydroxylation is 1. The lowest BCUT2D eigenvalue weighted by atomic mass is 9.89. The van der Waals surface area contributed by atoms with E-state index >= 15 is 0 Å². The van der Waals surface area contributed by atoms with Gasteiger partial charge in [-0.25, -0.2) is 4.39 Å². The topological polar surface area (TPSA) is 64.6 Å². The Morgan fingerprint density at radius 3 is 2.56 bits per heavy atom. The minimum atomic E-state index is -1.17. The lowest BCUT2D eigenvalue weighted by Crippen LogP contribution is -2.44. The predicted molar refractivity (Wildman–Crippen MR) is 167 cm³/mol. The van der Waals surface area contributed by atoms with Gasteiger partial charge in [-0.2, -0.15) is 0 Å². The number of nitrogens with zero attached hydrogens (tertiary/aromatic N) is 1. The van der Waals surface area contributed by atoms with Crippen molar-refractivity contribution in [2.75, 3.05) is 20.4 Å². The van der Waals surface area contributed by atoms with Crippen LogP contribution in [0.5, 0.6) is 5.75 Å². The number of benzene rings is 3. The van der Waals surface area contributed by atoms with Crippen molar-refractivity contribution in [3.05, 3.63) is 81.4 Å². The van der Waals surface area contributed by atoms with E-state index < -0.39 is 11.2 Å². The summed E-state index contributed by atoms with van der Waals surface area (Å²) in [5.41, 5.74) is 3.45.